The number of ether oxygens (including phenoxy) is 1. The highest BCUT2D eigenvalue weighted by molar-refractivity contribution is 5.25. The van der Waals surface area contributed by atoms with Crippen molar-refractivity contribution >= 4 is 0 Å². The van der Waals surface area contributed by atoms with Crippen LogP contribution in [0.4, 0.5) is 8.78 Å². The van der Waals surface area contributed by atoms with Gasteiger partial charge in [-0.15, -0.1) is 0 Å². The standard InChI is InChI=1S/C17H21F2NO/c1-17(2,3)12-5-4-11(10-20)16(8-12)21-15-7-6-13(18)9-14(15)19/h6-7,9,11-12,16H,4-5,8H2,1-3H3. The normalized spacial score (nSPS) is 26.2. The first-order valence-corrected chi connectivity index (χ1v) is 7.32. The van der Waals surface area contributed by atoms with Crippen LogP contribution in [-0.2, 0) is 0 Å². The Balaban J connectivity index is 2.16. The van der Waals surface area contributed by atoms with Gasteiger partial charge in [0.05, 0.1) is 12.0 Å². The fraction of sp³-hybridized carbons (Fsp3) is 0.588. The van der Waals surface area contributed by atoms with Crippen LogP contribution in [-0.4, -0.2) is 6.10 Å². The molecule has 1 aliphatic carbocycles. The van der Waals surface area contributed by atoms with E-state index in [0.717, 1.165) is 25.3 Å². The van der Waals surface area contributed by atoms with Gasteiger partial charge in [-0.2, -0.15) is 5.26 Å². The zero-order valence-corrected chi connectivity index (χ0v) is 12.7. The molecular formula is C17H21F2NO. The summed E-state index contributed by atoms with van der Waals surface area (Å²) < 4.78 is 32.4. The first-order valence-electron chi connectivity index (χ1n) is 7.32. The summed E-state index contributed by atoms with van der Waals surface area (Å²) in [6.45, 7) is 6.50. The Morgan fingerprint density at radius 3 is 2.52 bits per heavy atom. The van der Waals surface area contributed by atoms with E-state index in [-0.39, 0.29) is 23.2 Å². The molecule has 4 heteroatoms. The van der Waals surface area contributed by atoms with Crippen molar-refractivity contribution in [2.75, 3.05) is 0 Å². The van der Waals surface area contributed by atoms with Crippen LogP contribution in [0, 0.1) is 40.2 Å². The number of rotatable bonds is 2. The SMILES string of the molecule is CC(C)(C)C1CCC(C#N)C(Oc2ccc(F)cc2F)C1. The Hall–Kier alpha value is -1.63. The van der Waals surface area contributed by atoms with E-state index in [1.165, 1.54) is 12.1 Å². The summed E-state index contributed by atoms with van der Waals surface area (Å²) in [4.78, 5) is 0. The highest BCUT2D eigenvalue weighted by Gasteiger charge is 2.37. The second-order valence-electron chi connectivity index (χ2n) is 6.84. The van der Waals surface area contributed by atoms with Crippen molar-refractivity contribution in [2.45, 2.75) is 46.1 Å². The molecular weight excluding hydrogens is 272 g/mol. The number of benzene rings is 1. The van der Waals surface area contributed by atoms with Gasteiger partial charge in [0.2, 0.25) is 0 Å². The summed E-state index contributed by atoms with van der Waals surface area (Å²) in [5.41, 5.74) is 0.128. The van der Waals surface area contributed by atoms with Crippen LogP contribution in [0.25, 0.3) is 0 Å². The lowest BCUT2D eigenvalue weighted by molar-refractivity contribution is 0.0468. The van der Waals surface area contributed by atoms with E-state index in [1.807, 2.05) is 0 Å². The number of hydrogen-bond donors (Lipinski definition) is 0. The smallest absolute Gasteiger partial charge is 0.167 e. The van der Waals surface area contributed by atoms with Gasteiger partial charge in [-0.1, -0.05) is 20.8 Å². The van der Waals surface area contributed by atoms with E-state index in [9.17, 15) is 14.0 Å². The van der Waals surface area contributed by atoms with Crippen LogP contribution in [0.3, 0.4) is 0 Å². The van der Waals surface area contributed by atoms with Crippen molar-refractivity contribution in [2.24, 2.45) is 17.3 Å². The Morgan fingerprint density at radius 1 is 1.24 bits per heavy atom. The molecule has 1 aromatic rings. The third kappa shape index (κ3) is 3.72. The average molecular weight is 293 g/mol. The number of halogens is 2. The van der Waals surface area contributed by atoms with Crippen molar-refractivity contribution in [3.63, 3.8) is 0 Å². The van der Waals surface area contributed by atoms with Gasteiger partial charge >= 0.3 is 0 Å². The summed E-state index contributed by atoms with van der Waals surface area (Å²) in [6.07, 6.45) is 2.12. The molecule has 0 N–H and O–H groups in total. The average Bonchev–Trinajstić information content (AvgIpc) is 2.41. The van der Waals surface area contributed by atoms with Crippen LogP contribution in [0.1, 0.15) is 40.0 Å². The minimum Gasteiger partial charge on any atom is -0.486 e. The fourth-order valence-corrected chi connectivity index (χ4v) is 2.93. The third-order valence-corrected chi connectivity index (χ3v) is 4.35. The molecule has 0 heterocycles. The Kier molecular flexibility index (Phi) is 4.51. The molecule has 3 atom stereocenters. The van der Waals surface area contributed by atoms with E-state index in [4.69, 9.17) is 4.74 Å². The summed E-state index contributed by atoms with van der Waals surface area (Å²) in [7, 11) is 0. The zero-order chi connectivity index (χ0) is 15.6. The molecule has 2 rings (SSSR count). The molecule has 0 bridgehead atoms. The number of nitriles is 1. The summed E-state index contributed by atoms with van der Waals surface area (Å²) in [6, 6.07) is 5.52. The molecule has 21 heavy (non-hydrogen) atoms. The Labute approximate surface area is 124 Å². The largest absolute Gasteiger partial charge is 0.486 e. The molecule has 0 amide bonds. The lowest BCUT2D eigenvalue weighted by Crippen LogP contribution is -2.38. The minimum atomic E-state index is -0.718. The van der Waals surface area contributed by atoms with Gasteiger partial charge in [0.1, 0.15) is 11.9 Å². The molecule has 1 aliphatic rings. The fourth-order valence-electron chi connectivity index (χ4n) is 2.93. The highest BCUT2D eigenvalue weighted by Crippen LogP contribution is 2.41. The van der Waals surface area contributed by atoms with Crippen LogP contribution < -0.4 is 4.74 Å². The molecule has 0 aromatic heterocycles. The predicted octanol–water partition coefficient (Wildman–Crippen LogP) is 4.70. The molecule has 1 saturated carbocycles. The molecule has 1 fully saturated rings. The molecule has 1 aromatic carbocycles. The van der Waals surface area contributed by atoms with Gasteiger partial charge in [-0.05, 0) is 42.7 Å². The highest BCUT2D eigenvalue weighted by atomic mass is 19.1. The molecule has 3 unspecified atom stereocenters. The first kappa shape index (κ1) is 15.8. The third-order valence-electron chi connectivity index (χ3n) is 4.35. The van der Waals surface area contributed by atoms with Gasteiger partial charge in [-0.3, -0.25) is 0 Å². The number of nitrogens with zero attached hydrogens (tertiary/aromatic N) is 1. The first-order chi connectivity index (χ1) is 9.81. The second kappa shape index (κ2) is 6.01. The van der Waals surface area contributed by atoms with Crippen LogP contribution >= 0.6 is 0 Å². The van der Waals surface area contributed by atoms with Crippen LogP contribution in [0.5, 0.6) is 5.75 Å². The van der Waals surface area contributed by atoms with E-state index >= 15 is 0 Å². The maximum Gasteiger partial charge on any atom is 0.167 e. The quantitative estimate of drug-likeness (QED) is 0.792. The maximum absolute atomic E-state index is 13.7. The summed E-state index contributed by atoms with van der Waals surface area (Å²) in [5.74, 6) is -1.14. The molecule has 0 spiro atoms. The lowest BCUT2D eigenvalue weighted by Gasteiger charge is -2.39. The van der Waals surface area contributed by atoms with Crippen LogP contribution in [0.15, 0.2) is 18.2 Å². The van der Waals surface area contributed by atoms with E-state index in [2.05, 4.69) is 26.8 Å². The van der Waals surface area contributed by atoms with Crippen molar-refractivity contribution < 1.29 is 13.5 Å². The Bertz CT molecular complexity index is 545. The molecule has 0 radical (unpaired) electrons. The summed E-state index contributed by atoms with van der Waals surface area (Å²) in [5, 5.41) is 9.26. The van der Waals surface area contributed by atoms with E-state index in [0.29, 0.717) is 5.92 Å². The van der Waals surface area contributed by atoms with Crippen LogP contribution in [0.2, 0.25) is 0 Å². The Morgan fingerprint density at radius 2 is 1.95 bits per heavy atom. The van der Waals surface area contributed by atoms with E-state index in [1.54, 1.807) is 0 Å². The van der Waals surface area contributed by atoms with Crippen molar-refractivity contribution in [1.82, 2.24) is 0 Å². The second-order valence-corrected chi connectivity index (χ2v) is 6.84. The lowest BCUT2D eigenvalue weighted by atomic mass is 9.69. The van der Waals surface area contributed by atoms with E-state index < -0.39 is 11.6 Å². The predicted molar refractivity (Wildman–Crippen MR) is 76.7 cm³/mol. The van der Waals surface area contributed by atoms with Gasteiger partial charge in [0.25, 0.3) is 0 Å². The minimum absolute atomic E-state index is 0.0243. The monoisotopic (exact) mass is 293 g/mol. The molecule has 2 nitrogen and oxygen atoms in total. The van der Waals surface area contributed by atoms with Crippen molar-refractivity contribution in [3.8, 4) is 11.8 Å². The van der Waals surface area contributed by atoms with Gasteiger partial charge in [-0.25, -0.2) is 8.78 Å². The summed E-state index contributed by atoms with van der Waals surface area (Å²) >= 11 is 0. The molecule has 0 saturated heterocycles. The zero-order valence-electron chi connectivity index (χ0n) is 12.7. The number of hydrogen-bond acceptors (Lipinski definition) is 2. The van der Waals surface area contributed by atoms with Gasteiger partial charge in [0, 0.05) is 6.07 Å². The van der Waals surface area contributed by atoms with Gasteiger partial charge < -0.3 is 4.74 Å². The van der Waals surface area contributed by atoms with Crippen molar-refractivity contribution in [1.29, 1.82) is 5.26 Å². The van der Waals surface area contributed by atoms with Gasteiger partial charge in [0.15, 0.2) is 11.6 Å². The molecule has 0 aliphatic heterocycles. The maximum atomic E-state index is 13.7. The topological polar surface area (TPSA) is 33.0 Å². The molecule has 114 valence electrons. The van der Waals surface area contributed by atoms with Crippen molar-refractivity contribution in [3.05, 3.63) is 29.8 Å².